The summed E-state index contributed by atoms with van der Waals surface area (Å²) in [5.41, 5.74) is 3.40. The van der Waals surface area contributed by atoms with Crippen molar-refractivity contribution >= 4 is 0 Å². The van der Waals surface area contributed by atoms with Crippen LogP contribution in [-0.4, -0.2) is 15.3 Å². The van der Waals surface area contributed by atoms with Gasteiger partial charge in [0.25, 0.3) is 0 Å². The molecule has 2 rings (SSSR count). The highest BCUT2D eigenvalue weighted by Gasteiger charge is 2.08. The number of H-pyrrole nitrogens is 1. The molecule has 16 heavy (non-hydrogen) atoms. The van der Waals surface area contributed by atoms with Crippen LogP contribution in [0.2, 0.25) is 0 Å². The summed E-state index contributed by atoms with van der Waals surface area (Å²) in [4.78, 5) is 0. The number of nitrogens with zero attached hydrogens (tertiary/aromatic N) is 1. The van der Waals surface area contributed by atoms with Gasteiger partial charge in [0.1, 0.15) is 5.75 Å². The molecule has 3 heteroatoms. The Kier molecular flexibility index (Phi) is 4.11. The van der Waals surface area contributed by atoms with Gasteiger partial charge in [0.2, 0.25) is 0 Å². The largest absolute Gasteiger partial charge is 0.507 e. The van der Waals surface area contributed by atoms with Crippen molar-refractivity contribution in [3.05, 3.63) is 35.5 Å². The van der Waals surface area contributed by atoms with Crippen molar-refractivity contribution < 1.29 is 5.11 Å². The maximum atomic E-state index is 9.81. The number of hydrogen-bond acceptors (Lipinski definition) is 2. The van der Waals surface area contributed by atoms with E-state index < -0.39 is 0 Å². The number of nitrogens with one attached hydrogen (secondary N) is 1. The number of aromatic amines is 1. The smallest absolute Gasteiger partial charge is 0.127 e. The van der Waals surface area contributed by atoms with Crippen LogP contribution in [0.3, 0.4) is 0 Å². The van der Waals surface area contributed by atoms with Gasteiger partial charge in [-0.3, -0.25) is 5.10 Å². The first kappa shape index (κ1) is 12.3. The summed E-state index contributed by atoms with van der Waals surface area (Å²) in [7, 11) is 0. The van der Waals surface area contributed by atoms with E-state index in [-0.39, 0.29) is 0 Å². The second kappa shape index (κ2) is 5.35. The van der Waals surface area contributed by atoms with Crippen molar-refractivity contribution in [2.75, 3.05) is 0 Å². The Morgan fingerprint density at radius 1 is 1.19 bits per heavy atom. The fourth-order valence-electron chi connectivity index (χ4n) is 1.42. The molecule has 0 atom stereocenters. The first-order valence-corrected chi connectivity index (χ1v) is 5.49. The van der Waals surface area contributed by atoms with E-state index in [2.05, 4.69) is 10.2 Å². The maximum Gasteiger partial charge on any atom is 0.127 e. The molecule has 3 nitrogen and oxygen atoms in total. The van der Waals surface area contributed by atoms with Crippen LogP contribution >= 0.6 is 0 Å². The molecule has 0 unspecified atom stereocenters. The molecule has 0 spiro atoms. The van der Waals surface area contributed by atoms with E-state index in [0.29, 0.717) is 5.75 Å². The Morgan fingerprint density at radius 3 is 2.44 bits per heavy atom. The Morgan fingerprint density at radius 2 is 1.88 bits per heavy atom. The molecular formula is C13H18N2O. The number of aryl methyl sites for hydroxylation is 2. The predicted octanol–water partition coefficient (Wildman–Crippen LogP) is 3.43. The number of phenolic OH excluding ortho intramolecular Hbond substituents is 1. The Balaban J connectivity index is 0.000000606. The van der Waals surface area contributed by atoms with Crippen LogP contribution in [-0.2, 0) is 0 Å². The van der Waals surface area contributed by atoms with E-state index in [9.17, 15) is 5.11 Å². The lowest BCUT2D eigenvalue weighted by atomic mass is 10.1. The molecular weight excluding hydrogens is 200 g/mol. The number of phenols is 1. The first-order chi connectivity index (χ1) is 7.68. The number of hydrogen-bond donors (Lipinski definition) is 2. The summed E-state index contributed by atoms with van der Waals surface area (Å²) in [5.74, 6) is 0.305. The van der Waals surface area contributed by atoms with Crippen LogP contribution in [0.25, 0.3) is 11.3 Å². The average Bonchev–Trinajstić information content (AvgIpc) is 2.72. The van der Waals surface area contributed by atoms with Gasteiger partial charge < -0.3 is 5.11 Å². The Labute approximate surface area is 96.1 Å². The molecule has 1 aromatic heterocycles. The monoisotopic (exact) mass is 218 g/mol. The molecule has 0 amide bonds. The van der Waals surface area contributed by atoms with Crippen molar-refractivity contribution in [1.29, 1.82) is 0 Å². The van der Waals surface area contributed by atoms with Gasteiger partial charge >= 0.3 is 0 Å². The van der Waals surface area contributed by atoms with E-state index in [0.717, 1.165) is 22.5 Å². The van der Waals surface area contributed by atoms with Crippen molar-refractivity contribution in [3.8, 4) is 17.0 Å². The SMILES string of the molecule is CC.Cc1cc(-c2cccc(C)c2O)n[nH]1. The van der Waals surface area contributed by atoms with E-state index >= 15 is 0 Å². The minimum atomic E-state index is 0.305. The fourth-order valence-corrected chi connectivity index (χ4v) is 1.42. The average molecular weight is 218 g/mol. The van der Waals surface area contributed by atoms with Crippen LogP contribution in [0.1, 0.15) is 25.1 Å². The Bertz CT molecular complexity index is 461. The topological polar surface area (TPSA) is 48.9 Å². The normalized spacial score (nSPS) is 9.50. The van der Waals surface area contributed by atoms with Crippen LogP contribution in [0.5, 0.6) is 5.75 Å². The van der Waals surface area contributed by atoms with Gasteiger partial charge in [0.05, 0.1) is 5.69 Å². The lowest BCUT2D eigenvalue weighted by Gasteiger charge is -2.03. The summed E-state index contributed by atoms with van der Waals surface area (Å²) in [6.07, 6.45) is 0. The molecule has 1 aromatic carbocycles. The van der Waals surface area contributed by atoms with Crippen LogP contribution in [0.4, 0.5) is 0 Å². The minimum absolute atomic E-state index is 0.305. The van der Waals surface area contributed by atoms with Crippen molar-refractivity contribution in [2.45, 2.75) is 27.7 Å². The van der Waals surface area contributed by atoms with Crippen LogP contribution in [0.15, 0.2) is 24.3 Å². The number of benzene rings is 1. The van der Waals surface area contributed by atoms with Gasteiger partial charge in [-0.1, -0.05) is 26.0 Å². The van der Waals surface area contributed by atoms with Crippen LogP contribution in [0, 0.1) is 13.8 Å². The number of aromatic hydroxyl groups is 1. The van der Waals surface area contributed by atoms with E-state index in [4.69, 9.17) is 0 Å². The summed E-state index contributed by atoms with van der Waals surface area (Å²) in [6.45, 7) is 7.81. The summed E-state index contributed by atoms with van der Waals surface area (Å²) >= 11 is 0. The zero-order valence-corrected chi connectivity index (χ0v) is 10.2. The number of para-hydroxylation sites is 1. The van der Waals surface area contributed by atoms with E-state index in [1.54, 1.807) is 0 Å². The second-order valence-electron chi connectivity index (χ2n) is 3.41. The molecule has 0 aliphatic carbocycles. The number of rotatable bonds is 1. The fraction of sp³-hybridized carbons (Fsp3) is 0.308. The highest BCUT2D eigenvalue weighted by Crippen LogP contribution is 2.30. The van der Waals surface area contributed by atoms with E-state index in [1.165, 1.54) is 0 Å². The van der Waals surface area contributed by atoms with Gasteiger partial charge in [-0.15, -0.1) is 0 Å². The molecule has 1 heterocycles. The molecule has 2 aromatic rings. The van der Waals surface area contributed by atoms with Gasteiger partial charge in [-0.05, 0) is 31.5 Å². The van der Waals surface area contributed by atoms with Gasteiger partial charge in [0, 0.05) is 11.3 Å². The standard InChI is InChI=1S/C11H12N2O.C2H6/c1-7-4-3-5-9(11(7)14)10-6-8(2)12-13-10;1-2/h3-6,14H,1-2H3,(H,12,13);1-2H3. The van der Waals surface area contributed by atoms with Crippen molar-refractivity contribution in [1.82, 2.24) is 10.2 Å². The quantitative estimate of drug-likeness (QED) is 0.770. The zero-order valence-electron chi connectivity index (χ0n) is 10.2. The molecule has 2 N–H and O–H groups in total. The highest BCUT2D eigenvalue weighted by molar-refractivity contribution is 5.68. The summed E-state index contributed by atoms with van der Waals surface area (Å²) in [6, 6.07) is 7.55. The molecule has 0 saturated carbocycles. The van der Waals surface area contributed by atoms with Crippen LogP contribution < -0.4 is 0 Å². The highest BCUT2D eigenvalue weighted by atomic mass is 16.3. The first-order valence-electron chi connectivity index (χ1n) is 5.49. The third-order valence-corrected chi connectivity index (χ3v) is 2.22. The molecule has 0 bridgehead atoms. The third kappa shape index (κ3) is 2.42. The second-order valence-corrected chi connectivity index (χ2v) is 3.41. The minimum Gasteiger partial charge on any atom is -0.507 e. The third-order valence-electron chi connectivity index (χ3n) is 2.22. The Hall–Kier alpha value is -1.77. The maximum absolute atomic E-state index is 9.81. The molecule has 0 saturated heterocycles. The summed E-state index contributed by atoms with van der Waals surface area (Å²) in [5, 5.41) is 16.8. The molecule has 0 radical (unpaired) electrons. The van der Waals surface area contributed by atoms with Gasteiger partial charge in [0.15, 0.2) is 0 Å². The number of aromatic nitrogens is 2. The summed E-state index contributed by atoms with van der Waals surface area (Å²) < 4.78 is 0. The van der Waals surface area contributed by atoms with Gasteiger partial charge in [-0.25, -0.2) is 0 Å². The molecule has 0 fully saturated rings. The van der Waals surface area contributed by atoms with Gasteiger partial charge in [-0.2, -0.15) is 5.10 Å². The molecule has 0 aliphatic heterocycles. The molecule has 86 valence electrons. The van der Waals surface area contributed by atoms with Crippen molar-refractivity contribution in [3.63, 3.8) is 0 Å². The lowest BCUT2D eigenvalue weighted by molar-refractivity contribution is 0.473. The predicted molar refractivity (Wildman–Crippen MR) is 66.5 cm³/mol. The zero-order chi connectivity index (χ0) is 12.1. The van der Waals surface area contributed by atoms with Crippen molar-refractivity contribution in [2.24, 2.45) is 0 Å². The lowest BCUT2D eigenvalue weighted by Crippen LogP contribution is -1.82. The van der Waals surface area contributed by atoms with E-state index in [1.807, 2.05) is 52.0 Å². The molecule has 0 aliphatic rings.